The number of carbonyl (C=O) groups excluding carboxylic acids is 2. The van der Waals surface area contributed by atoms with Crippen LogP contribution in [0.25, 0.3) is 0 Å². The Balaban J connectivity index is 2.32. The molecule has 1 rings (SSSR count). The number of nitrogens with two attached hydrogens (primary N) is 1. The lowest BCUT2D eigenvalue weighted by Gasteiger charge is -2.21. The van der Waals surface area contributed by atoms with Crippen LogP contribution in [0.1, 0.15) is 187 Å². The molecule has 12 nitrogen and oxygen atoms in total. The van der Waals surface area contributed by atoms with Crippen LogP contribution in [0.3, 0.4) is 0 Å². The van der Waals surface area contributed by atoms with Crippen molar-refractivity contribution in [2.45, 2.75) is 212 Å². The first-order valence-corrected chi connectivity index (χ1v) is 25.2. The van der Waals surface area contributed by atoms with E-state index in [2.05, 4.69) is 38.2 Å². The SMILES string of the molecule is CCCCC/C=C\C/C=C\CCCCCCCCCCCC(=O)O[C@H](COC(=O)CCCCCC[C@@H]1[C@@H](/C=C/[C@@H](O)CCCCC)[C@H](O)C[C@@H]1O)COP(=O)(O)OCCN. The highest BCUT2D eigenvalue weighted by molar-refractivity contribution is 7.47. The molecule has 0 radical (unpaired) electrons. The molecule has 0 aromatic heterocycles. The molecule has 0 bridgehead atoms. The largest absolute Gasteiger partial charge is 0.472 e. The predicted octanol–water partition coefficient (Wildman–Crippen LogP) is 10.1. The van der Waals surface area contributed by atoms with Gasteiger partial charge in [0, 0.05) is 31.7 Å². The second kappa shape index (κ2) is 37.6. The number of phosphoric acid groups is 1. The van der Waals surface area contributed by atoms with Gasteiger partial charge in [-0.15, -0.1) is 0 Å². The molecule has 7 atom stereocenters. The number of aliphatic hydroxyl groups is 3. The molecule has 0 spiro atoms. The van der Waals surface area contributed by atoms with Crippen molar-refractivity contribution in [3.05, 3.63) is 36.5 Å². The molecule has 1 fully saturated rings. The molecule has 6 N–H and O–H groups in total. The zero-order chi connectivity index (χ0) is 44.1. The van der Waals surface area contributed by atoms with E-state index in [0.717, 1.165) is 77.0 Å². The van der Waals surface area contributed by atoms with Gasteiger partial charge in [-0.2, -0.15) is 0 Å². The van der Waals surface area contributed by atoms with Crippen LogP contribution in [0.15, 0.2) is 36.5 Å². The van der Waals surface area contributed by atoms with Gasteiger partial charge in [-0.05, 0) is 63.7 Å². The van der Waals surface area contributed by atoms with E-state index < -0.39 is 50.8 Å². The summed E-state index contributed by atoms with van der Waals surface area (Å²) in [5, 5.41) is 31.4. The minimum Gasteiger partial charge on any atom is -0.462 e. The van der Waals surface area contributed by atoms with E-state index in [0.29, 0.717) is 25.7 Å². The Hall–Kier alpha value is -1.89. The number of aliphatic hydroxyl groups excluding tert-OH is 3. The van der Waals surface area contributed by atoms with Crippen LogP contribution in [0, 0.1) is 11.8 Å². The molecule has 0 heterocycles. The van der Waals surface area contributed by atoms with Gasteiger partial charge in [0.15, 0.2) is 6.10 Å². The zero-order valence-electron chi connectivity index (χ0n) is 37.5. The maximum atomic E-state index is 12.7. The molecule has 350 valence electrons. The van der Waals surface area contributed by atoms with E-state index in [-0.39, 0.29) is 44.4 Å². The molecule has 13 heteroatoms. The van der Waals surface area contributed by atoms with Gasteiger partial charge in [0.1, 0.15) is 6.61 Å². The maximum absolute atomic E-state index is 12.7. The molecule has 1 aliphatic rings. The van der Waals surface area contributed by atoms with Gasteiger partial charge in [-0.1, -0.05) is 147 Å². The number of allylic oxidation sites excluding steroid dienone is 4. The van der Waals surface area contributed by atoms with Gasteiger partial charge in [-0.25, -0.2) is 4.57 Å². The van der Waals surface area contributed by atoms with Crippen LogP contribution in [0.5, 0.6) is 0 Å². The van der Waals surface area contributed by atoms with E-state index in [1.165, 1.54) is 57.8 Å². The molecular formula is C47H86NO11P. The Labute approximate surface area is 363 Å². The quantitative estimate of drug-likeness (QED) is 0.0169. The van der Waals surface area contributed by atoms with Crippen molar-refractivity contribution in [3.8, 4) is 0 Å². The number of rotatable bonds is 40. The molecule has 1 saturated carbocycles. The van der Waals surface area contributed by atoms with Crippen LogP contribution >= 0.6 is 7.82 Å². The van der Waals surface area contributed by atoms with Crippen molar-refractivity contribution in [2.75, 3.05) is 26.4 Å². The highest BCUT2D eigenvalue weighted by Gasteiger charge is 2.39. The number of esters is 2. The fourth-order valence-corrected chi connectivity index (χ4v) is 8.29. The predicted molar refractivity (Wildman–Crippen MR) is 240 cm³/mol. The van der Waals surface area contributed by atoms with Gasteiger partial charge >= 0.3 is 19.8 Å². The summed E-state index contributed by atoms with van der Waals surface area (Å²) in [7, 11) is -4.43. The van der Waals surface area contributed by atoms with Gasteiger partial charge in [0.25, 0.3) is 0 Å². The highest BCUT2D eigenvalue weighted by atomic mass is 31.2. The lowest BCUT2D eigenvalue weighted by molar-refractivity contribution is -0.161. The zero-order valence-corrected chi connectivity index (χ0v) is 38.4. The molecule has 0 aliphatic heterocycles. The highest BCUT2D eigenvalue weighted by Crippen LogP contribution is 2.43. The molecule has 0 aromatic rings. The summed E-state index contributed by atoms with van der Waals surface area (Å²) in [5.74, 6) is -1.25. The lowest BCUT2D eigenvalue weighted by Crippen LogP contribution is -2.29. The Morgan fingerprint density at radius 2 is 1.28 bits per heavy atom. The van der Waals surface area contributed by atoms with E-state index in [4.69, 9.17) is 24.3 Å². The molecule has 0 saturated heterocycles. The van der Waals surface area contributed by atoms with Crippen molar-refractivity contribution in [2.24, 2.45) is 17.6 Å². The Kier molecular flexibility index (Phi) is 35.2. The van der Waals surface area contributed by atoms with Crippen LogP contribution in [-0.2, 0) is 32.7 Å². The third-order valence-corrected chi connectivity index (χ3v) is 12.1. The van der Waals surface area contributed by atoms with Crippen molar-refractivity contribution >= 4 is 19.8 Å². The molecule has 60 heavy (non-hydrogen) atoms. The average Bonchev–Trinajstić information content (AvgIpc) is 3.49. The number of hydrogen-bond acceptors (Lipinski definition) is 11. The van der Waals surface area contributed by atoms with Gasteiger partial charge < -0.3 is 35.4 Å². The number of phosphoric ester groups is 1. The third kappa shape index (κ3) is 31.0. The molecular weight excluding hydrogens is 785 g/mol. The lowest BCUT2D eigenvalue weighted by atomic mass is 9.88. The molecule has 1 aliphatic carbocycles. The fourth-order valence-electron chi connectivity index (χ4n) is 7.53. The second-order valence-electron chi connectivity index (χ2n) is 16.6. The summed E-state index contributed by atoms with van der Waals surface area (Å²) in [6.45, 7) is 3.37. The second-order valence-corrected chi connectivity index (χ2v) is 18.0. The first-order chi connectivity index (χ1) is 29.0. The average molecular weight is 872 g/mol. The topological polar surface area (TPSA) is 195 Å². The number of ether oxygens (including phenoxy) is 2. The Morgan fingerprint density at radius 1 is 0.717 bits per heavy atom. The summed E-state index contributed by atoms with van der Waals surface area (Å²) in [5.41, 5.74) is 5.35. The first kappa shape index (κ1) is 56.1. The minimum absolute atomic E-state index is 0.0211. The molecule has 1 unspecified atom stereocenters. The monoisotopic (exact) mass is 872 g/mol. The normalized spacial score (nSPS) is 20.3. The minimum atomic E-state index is -4.43. The summed E-state index contributed by atoms with van der Waals surface area (Å²) < 4.78 is 32.9. The van der Waals surface area contributed by atoms with E-state index in [1.54, 1.807) is 6.08 Å². The van der Waals surface area contributed by atoms with E-state index >= 15 is 0 Å². The Bertz CT molecular complexity index is 1200. The van der Waals surface area contributed by atoms with Crippen molar-refractivity contribution in [1.29, 1.82) is 0 Å². The van der Waals surface area contributed by atoms with Crippen LogP contribution in [0.4, 0.5) is 0 Å². The number of unbranched alkanes of at least 4 members (excludes halogenated alkanes) is 17. The van der Waals surface area contributed by atoms with Crippen LogP contribution in [-0.4, -0.2) is 82.9 Å². The van der Waals surface area contributed by atoms with Gasteiger partial charge in [-0.3, -0.25) is 18.6 Å². The molecule has 0 amide bonds. The number of hydrogen-bond donors (Lipinski definition) is 5. The van der Waals surface area contributed by atoms with Crippen LogP contribution in [0.2, 0.25) is 0 Å². The van der Waals surface area contributed by atoms with Crippen molar-refractivity contribution in [1.82, 2.24) is 0 Å². The summed E-state index contributed by atoms with van der Waals surface area (Å²) >= 11 is 0. The number of carbonyl (C=O) groups is 2. The van der Waals surface area contributed by atoms with Crippen molar-refractivity contribution in [3.63, 3.8) is 0 Å². The van der Waals surface area contributed by atoms with Gasteiger partial charge in [0.2, 0.25) is 0 Å². The third-order valence-electron chi connectivity index (χ3n) is 11.1. The summed E-state index contributed by atoms with van der Waals surface area (Å²) in [6.07, 6.45) is 35.2. The van der Waals surface area contributed by atoms with Crippen LogP contribution < -0.4 is 5.73 Å². The van der Waals surface area contributed by atoms with E-state index in [9.17, 15) is 34.4 Å². The van der Waals surface area contributed by atoms with Crippen molar-refractivity contribution < 1.29 is 52.9 Å². The summed E-state index contributed by atoms with van der Waals surface area (Å²) in [6, 6.07) is 0. The standard InChI is InChI=1S/C47H86NO11P/c1-3-5-7-8-9-10-11-12-13-14-15-16-17-18-19-20-21-22-28-32-47(53)59-41(39-58-60(54,55)57-36-35-48)38-56-46(52)31-27-24-23-26-30-42-43(45(51)37-44(42)50)34-33-40(49)29-25-6-4-2/h9-10,12-13,33-34,40-45,49-51H,3-8,11,14-32,35-39,48H2,1-2H3,(H,54,55)/b10-9-,13-12-,34-33+/t40-,41+,42+,43+,44-,45+/m0/s1. The fraction of sp³-hybridized carbons (Fsp3) is 0.830. The summed E-state index contributed by atoms with van der Waals surface area (Å²) in [4.78, 5) is 35.2. The first-order valence-electron chi connectivity index (χ1n) is 23.7. The molecule has 0 aromatic carbocycles. The smallest absolute Gasteiger partial charge is 0.462 e. The Morgan fingerprint density at radius 3 is 1.92 bits per heavy atom. The van der Waals surface area contributed by atoms with Gasteiger partial charge in [0.05, 0.1) is 31.5 Å². The van der Waals surface area contributed by atoms with E-state index in [1.807, 2.05) is 6.08 Å². The maximum Gasteiger partial charge on any atom is 0.472 e.